The first kappa shape index (κ1) is 93.0. The number of aromatic nitrogens is 4. The van der Waals surface area contributed by atoms with Crippen LogP contribution in [0.15, 0.2) is 219 Å². The van der Waals surface area contributed by atoms with Crippen LogP contribution >= 0.6 is 92.8 Å². The average Bonchev–Trinajstić information content (AvgIpc) is 0.821. The molecule has 14 N–H and O–H groups in total. The number of benzene rings is 8. The van der Waals surface area contributed by atoms with Crippen molar-refractivity contribution in [1.29, 1.82) is 21.6 Å². The molecule has 26 nitrogen and oxygen atoms in total. The third-order valence-corrected chi connectivity index (χ3v) is 20.2. The molecule has 8 aromatic carbocycles. The van der Waals surface area contributed by atoms with Gasteiger partial charge in [0.05, 0.1) is 65.1 Å². The third kappa shape index (κ3) is 25.7. The molecule has 0 unspecified atom stereocenters. The fraction of sp³-hybridized carbons (Fsp3) is 0.111. The van der Waals surface area contributed by atoms with Gasteiger partial charge in [-0.1, -0.05) is 141 Å². The number of rotatable bonds is 20. The van der Waals surface area contributed by atoms with Crippen LogP contribution in [-0.4, -0.2) is 108 Å². The Kier molecular flexibility index (Phi) is 32.2. The molecule has 5 heterocycles. The number of nitrogen functional groups attached to an aromatic ring is 1. The van der Waals surface area contributed by atoms with Crippen molar-refractivity contribution in [2.45, 2.75) is 54.4 Å². The van der Waals surface area contributed by atoms with Crippen molar-refractivity contribution >= 4 is 209 Å². The van der Waals surface area contributed by atoms with E-state index in [2.05, 4.69) is 62.5 Å². The fourth-order valence-electron chi connectivity index (χ4n) is 12.1. The van der Waals surface area contributed by atoms with E-state index in [0.29, 0.717) is 154 Å². The fourth-order valence-corrected chi connectivity index (χ4v) is 13.6. The highest BCUT2D eigenvalue weighted by Crippen LogP contribution is 2.33. The van der Waals surface area contributed by atoms with E-state index in [4.69, 9.17) is 120 Å². The van der Waals surface area contributed by atoms with Gasteiger partial charge in [0, 0.05) is 103 Å². The van der Waals surface area contributed by atoms with E-state index in [9.17, 15) is 38.4 Å². The molecule has 0 saturated carbocycles. The van der Waals surface area contributed by atoms with Gasteiger partial charge in [0.2, 0.25) is 0 Å². The molecule has 0 atom stereocenters. The summed E-state index contributed by atoms with van der Waals surface area (Å²) in [5, 5.41) is 56.2. The smallest absolute Gasteiger partial charge is 0.258 e. The van der Waals surface area contributed by atoms with E-state index in [1.165, 1.54) is 49.1 Å². The summed E-state index contributed by atoms with van der Waals surface area (Å²) in [5.41, 5.74) is 15.3. The molecule has 0 spiro atoms. The number of pyridine rings is 4. The van der Waals surface area contributed by atoms with E-state index in [1.807, 2.05) is 4.90 Å². The minimum absolute atomic E-state index is 0.0923. The van der Waals surface area contributed by atoms with E-state index < -0.39 is 29.5 Å². The maximum absolute atomic E-state index is 13.0. The minimum atomic E-state index is -0.488. The predicted molar refractivity (Wildman–Crippen MR) is 495 cm³/mol. The molecule has 8 amide bonds. The molecule has 13 rings (SSSR count). The molecule has 12 aromatic rings. The Hall–Kier alpha value is -13.3. The topological polar surface area (TPSA) is 409 Å². The number of aryl methyl sites for hydroxylation is 4. The average molecular weight is 1820 g/mol. The van der Waals surface area contributed by atoms with Crippen LogP contribution in [0.25, 0.3) is 0 Å². The summed E-state index contributed by atoms with van der Waals surface area (Å²) in [6.07, 6.45) is 7.86. The van der Waals surface area contributed by atoms with E-state index in [0.717, 1.165) is 42.6 Å². The zero-order valence-corrected chi connectivity index (χ0v) is 72.8. The first-order valence-corrected chi connectivity index (χ1v) is 40.4. The lowest BCUT2D eigenvalue weighted by Crippen LogP contribution is -2.27. The normalized spacial score (nSPS) is 11.1. The van der Waals surface area contributed by atoms with E-state index in [-0.39, 0.29) is 45.8 Å². The van der Waals surface area contributed by atoms with Gasteiger partial charge in [0.1, 0.15) is 34.9 Å². The van der Waals surface area contributed by atoms with Gasteiger partial charge in [-0.15, -0.1) is 0 Å². The van der Waals surface area contributed by atoms with E-state index in [1.54, 1.807) is 211 Å². The molecule has 0 radical (unpaired) electrons. The summed E-state index contributed by atoms with van der Waals surface area (Å²) in [5.74, 6) is -1.82. The van der Waals surface area contributed by atoms with Gasteiger partial charge in [0.15, 0.2) is 0 Å². The SMILES string of the molecule is CC(=N)c1ccc(C(=O)Nc2c(C)cc(Cl)cc2C(=O)Nc2ccc(Cl)cn2)cc1.CC(=N)c1ccc(C(=O)Nc2c(C)cc(Cl)cc2C(=O)Nc2ccc(Cl)cn2)cc1.Cc1cc(Cl)cc(C(=O)Nc2ccc(Cl)cn2)c1NC(=O)c1ccc(C(=N)N)cc1.Cc1cc(Cl)cc(C(=O)Nc2ccc(Cl)cn2)c1NC(=O)c1ccc(C(=N)N2CCCC2)cc1. The van der Waals surface area contributed by atoms with Gasteiger partial charge < -0.3 is 64.0 Å². The lowest BCUT2D eigenvalue weighted by Gasteiger charge is -2.18. The number of hydrogen-bond acceptors (Lipinski definition) is 16. The van der Waals surface area contributed by atoms with Crippen molar-refractivity contribution in [3.63, 3.8) is 0 Å². The highest BCUT2D eigenvalue weighted by molar-refractivity contribution is 6.34. The number of nitrogens with two attached hydrogens (primary N) is 1. The summed E-state index contributed by atoms with van der Waals surface area (Å²) < 4.78 is 0. The summed E-state index contributed by atoms with van der Waals surface area (Å²) in [6.45, 7) is 12.1. The predicted octanol–water partition coefficient (Wildman–Crippen LogP) is 21.3. The van der Waals surface area contributed by atoms with Gasteiger partial charge >= 0.3 is 0 Å². The summed E-state index contributed by atoms with van der Waals surface area (Å²) in [4.78, 5) is 121. The first-order valence-electron chi connectivity index (χ1n) is 37.4. The summed E-state index contributed by atoms with van der Waals surface area (Å²) >= 11 is 47.9. The molecule has 0 aliphatic carbocycles. The monoisotopic (exact) mass is 1820 g/mol. The highest BCUT2D eigenvalue weighted by atomic mass is 35.5. The quantitative estimate of drug-likeness (QED) is 0.0249. The highest BCUT2D eigenvalue weighted by Gasteiger charge is 2.25. The Bertz CT molecular complexity index is 5670. The summed E-state index contributed by atoms with van der Waals surface area (Å²) in [6, 6.07) is 51.8. The second kappa shape index (κ2) is 43.0. The molecular formula is C90H76Cl8N18O8. The lowest BCUT2D eigenvalue weighted by atomic mass is 10.1. The van der Waals surface area contributed by atoms with Crippen molar-refractivity contribution in [1.82, 2.24) is 24.8 Å². The van der Waals surface area contributed by atoms with Gasteiger partial charge in [-0.3, -0.25) is 49.2 Å². The van der Waals surface area contributed by atoms with E-state index >= 15 is 0 Å². The van der Waals surface area contributed by atoms with Crippen molar-refractivity contribution in [2.24, 2.45) is 5.73 Å². The second-order valence-corrected chi connectivity index (χ2v) is 31.2. The number of carbonyl (C=O) groups is 8. The maximum Gasteiger partial charge on any atom is 0.258 e. The standard InChI is InChI=1S/C25H23Cl2N5O2.2C22H18Cl2N4O2.C21H17Cl2N5O2/c1-15-12-19(27)13-20(25(34)30-21-9-8-18(26)14-29-21)22(15)31-24(33)17-6-4-16(5-7-17)23(28)32-10-2-3-11-32;2*1-12-9-17(24)10-18(22(30)27-19-8-7-16(23)11-26-19)20(12)28-21(29)15-5-3-14(4-6-15)13(2)25;1-11-8-15(23)9-16(21(30)27-17-7-6-14(22)10-26-17)18(11)28-20(29)13-4-2-12(3-5-13)19(24)25/h4-9,12-14,28H,2-3,10-11H2,1H3,(H,31,33)(H,29,30,34);2*3-11,25H,1-2H3,(H,28,29)(H,26,27,30);2-10H,1H3,(H3,24,25)(H,28,29)(H,26,27,30). The number of amides is 8. The van der Waals surface area contributed by atoms with Crippen LogP contribution < -0.4 is 48.3 Å². The van der Waals surface area contributed by atoms with Gasteiger partial charge in [-0.25, -0.2) is 19.9 Å². The van der Waals surface area contributed by atoms with Crippen LogP contribution in [0.2, 0.25) is 40.2 Å². The van der Waals surface area contributed by atoms with Crippen molar-refractivity contribution in [3.05, 3.63) is 348 Å². The minimum Gasteiger partial charge on any atom is -0.384 e. The summed E-state index contributed by atoms with van der Waals surface area (Å²) in [7, 11) is 0. The molecule has 0 bridgehead atoms. The number of amidine groups is 2. The van der Waals surface area contributed by atoms with Crippen LogP contribution in [0.5, 0.6) is 0 Å². The molecule has 34 heteroatoms. The zero-order chi connectivity index (χ0) is 89.8. The molecule has 124 heavy (non-hydrogen) atoms. The number of nitrogens with one attached hydrogen (secondary N) is 12. The van der Waals surface area contributed by atoms with Crippen molar-refractivity contribution in [2.75, 3.05) is 55.6 Å². The molecule has 1 aliphatic heterocycles. The first-order chi connectivity index (χ1) is 59.0. The third-order valence-electron chi connectivity index (χ3n) is 18.5. The second-order valence-electron chi connectivity index (χ2n) is 27.7. The Morgan fingerprint density at radius 3 is 0.718 bits per heavy atom. The Labute approximate surface area is 752 Å². The Morgan fingerprint density at radius 1 is 0.290 bits per heavy atom. The van der Waals surface area contributed by atoms with Crippen molar-refractivity contribution < 1.29 is 38.4 Å². The number of carbonyl (C=O) groups excluding carboxylic acids is 8. The maximum atomic E-state index is 13.0. The van der Waals surface area contributed by atoms with Crippen LogP contribution in [0, 0.1) is 49.3 Å². The Morgan fingerprint density at radius 2 is 0.508 bits per heavy atom. The molecule has 4 aromatic heterocycles. The van der Waals surface area contributed by atoms with Crippen LogP contribution in [0.3, 0.4) is 0 Å². The molecule has 1 aliphatic rings. The molecular weight excluding hydrogens is 1740 g/mol. The van der Waals surface area contributed by atoms with Gasteiger partial charge in [-0.2, -0.15) is 0 Å². The lowest BCUT2D eigenvalue weighted by molar-refractivity contribution is 0.101. The number of halogens is 8. The number of anilines is 8. The zero-order valence-electron chi connectivity index (χ0n) is 66.7. The van der Waals surface area contributed by atoms with Crippen molar-refractivity contribution in [3.8, 4) is 0 Å². The Balaban J connectivity index is 0.000000173. The van der Waals surface area contributed by atoms with Crippen LogP contribution in [0.1, 0.15) is 154 Å². The van der Waals surface area contributed by atoms with Gasteiger partial charge in [-0.05, 0) is 233 Å². The number of likely N-dealkylation sites (tertiary alicyclic amines) is 1. The van der Waals surface area contributed by atoms with Gasteiger partial charge in [0.25, 0.3) is 47.3 Å². The van der Waals surface area contributed by atoms with Crippen LogP contribution in [0.4, 0.5) is 46.0 Å². The largest absolute Gasteiger partial charge is 0.384 e. The number of hydrogen-bond donors (Lipinski definition) is 13. The van der Waals surface area contributed by atoms with Crippen LogP contribution in [-0.2, 0) is 0 Å². The number of nitrogens with zero attached hydrogens (tertiary/aromatic N) is 5. The molecule has 1 saturated heterocycles. The molecule has 1 fully saturated rings. The molecule has 630 valence electrons.